The molecule has 1 atom stereocenters. The molecule has 1 aromatic rings. The SMILES string of the molecule is CC(O)NCCCCc1cc(Cl)c(N)c(C(F)(F)F)c1. The van der Waals surface area contributed by atoms with Crippen LogP contribution in [-0.2, 0) is 12.6 Å². The summed E-state index contributed by atoms with van der Waals surface area (Å²) in [5, 5.41) is 11.7. The lowest BCUT2D eigenvalue weighted by Gasteiger charge is -2.13. The van der Waals surface area contributed by atoms with Gasteiger partial charge in [-0.25, -0.2) is 0 Å². The second-order valence-electron chi connectivity index (χ2n) is 4.62. The summed E-state index contributed by atoms with van der Waals surface area (Å²) in [5.41, 5.74) is 4.55. The second-order valence-corrected chi connectivity index (χ2v) is 5.03. The highest BCUT2D eigenvalue weighted by molar-refractivity contribution is 6.33. The maximum Gasteiger partial charge on any atom is 0.418 e. The number of nitrogens with one attached hydrogen (secondary N) is 1. The van der Waals surface area contributed by atoms with Gasteiger partial charge in [-0.3, -0.25) is 5.32 Å². The van der Waals surface area contributed by atoms with Crippen LogP contribution in [0.25, 0.3) is 0 Å². The lowest BCUT2D eigenvalue weighted by molar-refractivity contribution is -0.136. The van der Waals surface area contributed by atoms with Crippen molar-refractivity contribution in [2.75, 3.05) is 12.3 Å². The Kier molecular flexibility index (Phi) is 6.10. The molecule has 20 heavy (non-hydrogen) atoms. The normalized spacial score (nSPS) is 13.5. The fourth-order valence-electron chi connectivity index (χ4n) is 1.82. The molecule has 0 aliphatic carbocycles. The van der Waals surface area contributed by atoms with E-state index < -0.39 is 23.7 Å². The number of benzene rings is 1. The van der Waals surface area contributed by atoms with E-state index in [1.807, 2.05) is 0 Å². The minimum atomic E-state index is -4.50. The smallest absolute Gasteiger partial charge is 0.397 e. The lowest BCUT2D eigenvalue weighted by atomic mass is 10.0. The molecule has 0 heterocycles. The van der Waals surface area contributed by atoms with Gasteiger partial charge in [-0.1, -0.05) is 11.6 Å². The number of aliphatic hydroxyl groups excluding tert-OH is 1. The average molecular weight is 311 g/mol. The fourth-order valence-corrected chi connectivity index (χ4v) is 2.06. The van der Waals surface area contributed by atoms with Crippen LogP contribution in [0.2, 0.25) is 5.02 Å². The summed E-state index contributed by atoms with van der Waals surface area (Å²) in [5.74, 6) is 0. The number of halogens is 4. The zero-order chi connectivity index (χ0) is 15.3. The molecule has 0 aliphatic heterocycles. The third kappa shape index (κ3) is 5.19. The number of hydrogen-bond donors (Lipinski definition) is 3. The highest BCUT2D eigenvalue weighted by Gasteiger charge is 2.34. The third-order valence-electron chi connectivity index (χ3n) is 2.83. The third-order valence-corrected chi connectivity index (χ3v) is 3.14. The quantitative estimate of drug-likeness (QED) is 0.430. The highest BCUT2D eigenvalue weighted by atomic mass is 35.5. The molecule has 114 valence electrons. The first-order chi connectivity index (χ1) is 9.21. The van der Waals surface area contributed by atoms with Crippen molar-refractivity contribution in [2.24, 2.45) is 0 Å². The molecule has 1 unspecified atom stereocenters. The predicted molar refractivity (Wildman–Crippen MR) is 73.5 cm³/mol. The predicted octanol–water partition coefficient (Wildman–Crippen LogP) is 3.19. The maximum atomic E-state index is 12.8. The molecule has 4 N–H and O–H groups in total. The topological polar surface area (TPSA) is 58.3 Å². The Balaban J connectivity index is 2.65. The van der Waals surface area contributed by atoms with Crippen molar-refractivity contribution in [2.45, 2.75) is 38.6 Å². The van der Waals surface area contributed by atoms with Gasteiger partial charge in [0.1, 0.15) is 6.23 Å². The fraction of sp³-hybridized carbons (Fsp3) is 0.538. The van der Waals surface area contributed by atoms with Crippen LogP contribution in [0.4, 0.5) is 18.9 Å². The molecule has 0 radical (unpaired) electrons. The molecule has 0 bridgehead atoms. The van der Waals surface area contributed by atoms with Crippen molar-refractivity contribution in [1.82, 2.24) is 5.32 Å². The van der Waals surface area contributed by atoms with Gasteiger partial charge in [0.25, 0.3) is 0 Å². The van der Waals surface area contributed by atoms with E-state index in [1.165, 1.54) is 6.07 Å². The maximum absolute atomic E-state index is 12.8. The first-order valence-corrected chi connectivity index (χ1v) is 6.66. The number of nitrogens with two attached hydrogens (primary N) is 1. The van der Waals surface area contributed by atoms with Crippen molar-refractivity contribution in [3.63, 3.8) is 0 Å². The molecule has 0 fully saturated rings. The van der Waals surface area contributed by atoms with Gasteiger partial charge in [-0.05, 0) is 50.4 Å². The minimum Gasteiger partial charge on any atom is -0.397 e. The van der Waals surface area contributed by atoms with E-state index in [0.29, 0.717) is 24.9 Å². The van der Waals surface area contributed by atoms with Crippen LogP contribution in [0, 0.1) is 0 Å². The van der Waals surface area contributed by atoms with Crippen LogP contribution in [-0.4, -0.2) is 17.9 Å². The van der Waals surface area contributed by atoms with Gasteiger partial charge in [-0.15, -0.1) is 0 Å². The molecule has 0 spiro atoms. The Morgan fingerprint density at radius 1 is 1.35 bits per heavy atom. The zero-order valence-corrected chi connectivity index (χ0v) is 11.9. The van der Waals surface area contributed by atoms with E-state index >= 15 is 0 Å². The number of nitrogen functional groups attached to an aromatic ring is 1. The summed E-state index contributed by atoms with van der Waals surface area (Å²) in [4.78, 5) is 0. The number of hydrogen-bond acceptors (Lipinski definition) is 3. The molecule has 1 rings (SSSR count). The van der Waals surface area contributed by atoms with E-state index in [0.717, 1.165) is 12.5 Å². The Hall–Kier alpha value is -0.980. The van der Waals surface area contributed by atoms with Gasteiger partial charge in [0.2, 0.25) is 0 Å². The number of alkyl halides is 3. The van der Waals surface area contributed by atoms with Crippen molar-refractivity contribution < 1.29 is 18.3 Å². The Morgan fingerprint density at radius 3 is 2.55 bits per heavy atom. The van der Waals surface area contributed by atoms with Gasteiger partial charge in [0.05, 0.1) is 16.3 Å². The molecule has 0 saturated heterocycles. The summed E-state index contributed by atoms with van der Waals surface area (Å²) < 4.78 is 38.3. The Bertz CT molecular complexity index is 450. The van der Waals surface area contributed by atoms with E-state index in [1.54, 1.807) is 6.92 Å². The molecule has 0 aliphatic rings. The van der Waals surface area contributed by atoms with E-state index in [9.17, 15) is 13.2 Å². The van der Waals surface area contributed by atoms with Crippen LogP contribution in [0.15, 0.2) is 12.1 Å². The summed E-state index contributed by atoms with van der Waals surface area (Å²) in [6.07, 6.45) is -3.17. The van der Waals surface area contributed by atoms with Crippen LogP contribution < -0.4 is 11.1 Å². The average Bonchev–Trinajstić information content (AvgIpc) is 2.31. The molecular formula is C13H18ClF3N2O. The van der Waals surface area contributed by atoms with Crippen LogP contribution in [0.1, 0.15) is 30.9 Å². The van der Waals surface area contributed by atoms with E-state index in [2.05, 4.69) is 5.32 Å². The molecule has 0 amide bonds. The Morgan fingerprint density at radius 2 is 2.00 bits per heavy atom. The molecule has 1 aromatic carbocycles. The summed E-state index contributed by atoms with van der Waals surface area (Å²) in [6.45, 7) is 2.21. The number of rotatable bonds is 6. The molecule has 7 heteroatoms. The highest BCUT2D eigenvalue weighted by Crippen LogP contribution is 2.37. The number of anilines is 1. The second kappa shape index (κ2) is 7.15. The van der Waals surface area contributed by atoms with Gasteiger partial charge in [0.15, 0.2) is 0 Å². The van der Waals surface area contributed by atoms with Crippen LogP contribution in [0.5, 0.6) is 0 Å². The summed E-state index contributed by atoms with van der Waals surface area (Å²) in [6, 6.07) is 2.51. The van der Waals surface area contributed by atoms with Crippen LogP contribution >= 0.6 is 11.6 Å². The Labute approximate surface area is 120 Å². The molecular weight excluding hydrogens is 293 g/mol. The molecule has 0 saturated carbocycles. The van der Waals surface area contributed by atoms with Gasteiger partial charge in [-0.2, -0.15) is 13.2 Å². The minimum absolute atomic E-state index is 0.0723. The van der Waals surface area contributed by atoms with E-state index in [-0.39, 0.29) is 5.02 Å². The number of unbranched alkanes of at least 4 members (excludes halogenated alkanes) is 1. The summed E-state index contributed by atoms with van der Waals surface area (Å²) >= 11 is 5.74. The molecule has 3 nitrogen and oxygen atoms in total. The van der Waals surface area contributed by atoms with Crippen molar-refractivity contribution >= 4 is 17.3 Å². The first kappa shape index (κ1) is 17.1. The number of aryl methyl sites for hydroxylation is 1. The van der Waals surface area contributed by atoms with Gasteiger partial charge in [0, 0.05) is 0 Å². The van der Waals surface area contributed by atoms with Crippen molar-refractivity contribution in [3.05, 3.63) is 28.3 Å². The number of aliphatic hydroxyl groups is 1. The van der Waals surface area contributed by atoms with Gasteiger partial charge >= 0.3 is 6.18 Å². The van der Waals surface area contributed by atoms with Gasteiger partial charge < -0.3 is 10.8 Å². The first-order valence-electron chi connectivity index (χ1n) is 6.28. The summed E-state index contributed by atoms with van der Waals surface area (Å²) in [7, 11) is 0. The van der Waals surface area contributed by atoms with Crippen LogP contribution in [0.3, 0.4) is 0 Å². The van der Waals surface area contributed by atoms with Crippen molar-refractivity contribution in [1.29, 1.82) is 0 Å². The zero-order valence-electron chi connectivity index (χ0n) is 11.1. The monoisotopic (exact) mass is 310 g/mol. The molecule has 0 aromatic heterocycles. The standard InChI is InChI=1S/C13H18ClF3N2O/c1-8(20)19-5-3-2-4-9-6-10(13(15,16)17)12(18)11(14)7-9/h6-8,19-20H,2-5,18H2,1H3. The van der Waals surface area contributed by atoms with E-state index in [4.69, 9.17) is 22.4 Å². The van der Waals surface area contributed by atoms with Crippen molar-refractivity contribution in [3.8, 4) is 0 Å². The largest absolute Gasteiger partial charge is 0.418 e. The lowest BCUT2D eigenvalue weighted by Crippen LogP contribution is -2.26.